The van der Waals surface area contributed by atoms with Crippen LogP contribution >= 0.6 is 11.3 Å². The average Bonchev–Trinajstić information content (AvgIpc) is 3.13. The van der Waals surface area contributed by atoms with Gasteiger partial charge in [0.2, 0.25) is 11.0 Å². The van der Waals surface area contributed by atoms with Gasteiger partial charge in [-0.1, -0.05) is 73.2 Å². The minimum Gasteiger partial charge on any atom is -0.340 e. The lowest BCUT2D eigenvalue weighted by Gasteiger charge is -2.21. The van der Waals surface area contributed by atoms with Crippen molar-refractivity contribution in [1.29, 1.82) is 0 Å². The molecule has 1 unspecified atom stereocenters. The minimum absolute atomic E-state index is 0.0829. The van der Waals surface area contributed by atoms with E-state index in [9.17, 15) is 9.59 Å². The predicted octanol–water partition coefficient (Wildman–Crippen LogP) is 3.83. The van der Waals surface area contributed by atoms with Crippen molar-refractivity contribution in [3.8, 4) is 0 Å². The third-order valence-electron chi connectivity index (χ3n) is 4.41. The quantitative estimate of drug-likeness (QED) is 0.622. The summed E-state index contributed by atoms with van der Waals surface area (Å²) in [4.78, 5) is 25.3. The summed E-state index contributed by atoms with van der Waals surface area (Å²) in [5, 5.41) is 15.1. The lowest BCUT2D eigenvalue weighted by atomic mass is 10.0. The molecule has 2 amide bonds. The largest absolute Gasteiger partial charge is 0.340 e. The second-order valence-electron chi connectivity index (χ2n) is 7.22. The van der Waals surface area contributed by atoms with Crippen LogP contribution in [0.4, 0.5) is 5.13 Å². The SMILES string of the molecule is Cc1cccc(C(=O)NC(C(=O)Nc2nnc(Cc3ccccc3)s2)C(C)C)c1. The molecule has 0 saturated carbocycles. The van der Waals surface area contributed by atoms with Gasteiger partial charge in [-0.2, -0.15) is 0 Å². The molecule has 29 heavy (non-hydrogen) atoms. The van der Waals surface area contributed by atoms with Crippen LogP contribution in [0, 0.1) is 12.8 Å². The van der Waals surface area contributed by atoms with Crippen molar-refractivity contribution in [2.24, 2.45) is 5.92 Å². The Morgan fingerprint density at radius 3 is 2.48 bits per heavy atom. The van der Waals surface area contributed by atoms with Gasteiger partial charge in [-0.15, -0.1) is 10.2 Å². The van der Waals surface area contributed by atoms with Crippen molar-refractivity contribution < 1.29 is 9.59 Å². The van der Waals surface area contributed by atoms with E-state index in [-0.39, 0.29) is 17.7 Å². The number of amides is 2. The van der Waals surface area contributed by atoms with Crippen LogP contribution in [0.15, 0.2) is 54.6 Å². The van der Waals surface area contributed by atoms with Crippen LogP contribution in [0.1, 0.15) is 40.3 Å². The van der Waals surface area contributed by atoms with E-state index in [0.717, 1.165) is 16.1 Å². The van der Waals surface area contributed by atoms with Crippen molar-refractivity contribution in [3.05, 3.63) is 76.3 Å². The second-order valence-corrected chi connectivity index (χ2v) is 8.28. The van der Waals surface area contributed by atoms with Gasteiger partial charge < -0.3 is 5.32 Å². The van der Waals surface area contributed by atoms with Crippen molar-refractivity contribution in [2.75, 3.05) is 5.32 Å². The summed E-state index contributed by atoms with van der Waals surface area (Å²) < 4.78 is 0. The van der Waals surface area contributed by atoms with Crippen LogP contribution in [0.25, 0.3) is 0 Å². The number of benzene rings is 2. The first kappa shape index (κ1) is 20.7. The van der Waals surface area contributed by atoms with E-state index in [2.05, 4.69) is 20.8 Å². The number of nitrogens with zero attached hydrogens (tertiary/aromatic N) is 2. The highest BCUT2D eigenvalue weighted by Gasteiger charge is 2.25. The highest BCUT2D eigenvalue weighted by atomic mass is 32.1. The molecule has 0 aliphatic rings. The first-order valence-electron chi connectivity index (χ1n) is 9.47. The maximum Gasteiger partial charge on any atom is 0.251 e. The van der Waals surface area contributed by atoms with E-state index < -0.39 is 6.04 Å². The van der Waals surface area contributed by atoms with E-state index in [1.165, 1.54) is 11.3 Å². The highest BCUT2D eigenvalue weighted by Crippen LogP contribution is 2.19. The zero-order chi connectivity index (χ0) is 20.8. The molecule has 6 nitrogen and oxygen atoms in total. The number of rotatable bonds is 7. The van der Waals surface area contributed by atoms with E-state index in [1.54, 1.807) is 12.1 Å². The topological polar surface area (TPSA) is 84.0 Å². The highest BCUT2D eigenvalue weighted by molar-refractivity contribution is 7.15. The summed E-state index contributed by atoms with van der Waals surface area (Å²) in [5.41, 5.74) is 2.65. The fourth-order valence-electron chi connectivity index (χ4n) is 2.88. The number of carbonyl (C=O) groups is 2. The molecule has 1 aromatic heterocycles. The van der Waals surface area contributed by atoms with Crippen LogP contribution in [0.3, 0.4) is 0 Å². The first-order valence-corrected chi connectivity index (χ1v) is 10.3. The van der Waals surface area contributed by atoms with Crippen LogP contribution in [0.2, 0.25) is 0 Å². The standard InChI is InChI=1S/C22H24N4O2S/c1-14(2)19(23-20(27)17-11-7-8-15(3)12-17)21(28)24-22-26-25-18(29-22)13-16-9-5-4-6-10-16/h4-12,14,19H,13H2,1-3H3,(H,23,27)(H,24,26,28). The van der Waals surface area contributed by atoms with Gasteiger partial charge in [0.05, 0.1) is 0 Å². The van der Waals surface area contributed by atoms with E-state index in [1.807, 2.05) is 63.2 Å². The molecule has 2 N–H and O–H groups in total. The maximum atomic E-state index is 12.8. The number of aromatic nitrogens is 2. The van der Waals surface area contributed by atoms with Gasteiger partial charge >= 0.3 is 0 Å². The van der Waals surface area contributed by atoms with Gasteiger partial charge in [-0.25, -0.2) is 0 Å². The normalized spacial score (nSPS) is 11.9. The fourth-order valence-corrected chi connectivity index (χ4v) is 3.65. The van der Waals surface area contributed by atoms with Crippen molar-refractivity contribution in [1.82, 2.24) is 15.5 Å². The van der Waals surface area contributed by atoms with Gasteiger partial charge in [0.25, 0.3) is 5.91 Å². The molecule has 1 heterocycles. The number of hydrogen-bond donors (Lipinski definition) is 2. The summed E-state index contributed by atoms with van der Waals surface area (Å²) >= 11 is 1.34. The first-order chi connectivity index (χ1) is 13.9. The fraction of sp³-hybridized carbons (Fsp3) is 0.273. The van der Waals surface area contributed by atoms with Gasteiger partial charge in [0.1, 0.15) is 11.0 Å². The Kier molecular flexibility index (Phi) is 6.72. The summed E-state index contributed by atoms with van der Waals surface area (Å²) in [6.45, 7) is 5.70. The molecule has 0 aliphatic carbocycles. The molecule has 0 fully saturated rings. The molecule has 0 saturated heterocycles. The Morgan fingerprint density at radius 2 is 1.79 bits per heavy atom. The van der Waals surface area contributed by atoms with Crippen molar-refractivity contribution in [3.63, 3.8) is 0 Å². The molecular formula is C22H24N4O2S. The molecule has 0 spiro atoms. The second kappa shape index (κ2) is 9.43. The average molecular weight is 409 g/mol. The Bertz CT molecular complexity index is 985. The molecule has 0 radical (unpaired) electrons. The monoisotopic (exact) mass is 408 g/mol. The van der Waals surface area contributed by atoms with Gasteiger partial charge in [0, 0.05) is 12.0 Å². The molecule has 3 aromatic rings. The van der Waals surface area contributed by atoms with Gasteiger partial charge in [0.15, 0.2) is 0 Å². The van der Waals surface area contributed by atoms with Gasteiger partial charge in [-0.05, 0) is 30.5 Å². The van der Waals surface area contributed by atoms with Crippen molar-refractivity contribution >= 4 is 28.3 Å². The van der Waals surface area contributed by atoms with E-state index in [4.69, 9.17) is 0 Å². The van der Waals surface area contributed by atoms with Crippen LogP contribution in [0.5, 0.6) is 0 Å². The summed E-state index contributed by atoms with van der Waals surface area (Å²) in [7, 11) is 0. The zero-order valence-corrected chi connectivity index (χ0v) is 17.5. The molecular weight excluding hydrogens is 384 g/mol. The van der Waals surface area contributed by atoms with E-state index in [0.29, 0.717) is 17.1 Å². The lowest BCUT2D eigenvalue weighted by molar-refractivity contribution is -0.118. The Balaban J connectivity index is 1.64. The maximum absolute atomic E-state index is 12.8. The predicted molar refractivity (Wildman–Crippen MR) is 115 cm³/mol. The molecule has 1 atom stereocenters. The number of hydrogen-bond acceptors (Lipinski definition) is 5. The number of carbonyl (C=O) groups excluding carboxylic acids is 2. The summed E-state index contributed by atoms with van der Waals surface area (Å²) in [5.74, 6) is -0.659. The number of nitrogens with one attached hydrogen (secondary N) is 2. The summed E-state index contributed by atoms with van der Waals surface area (Å²) in [6, 6.07) is 16.6. The molecule has 2 aromatic carbocycles. The van der Waals surface area contributed by atoms with E-state index >= 15 is 0 Å². The van der Waals surface area contributed by atoms with Crippen LogP contribution in [-0.2, 0) is 11.2 Å². The number of anilines is 1. The Hall–Kier alpha value is -3.06. The Morgan fingerprint density at radius 1 is 1.03 bits per heavy atom. The molecule has 150 valence electrons. The van der Waals surface area contributed by atoms with Crippen LogP contribution in [-0.4, -0.2) is 28.1 Å². The van der Waals surface area contributed by atoms with Gasteiger partial charge in [-0.3, -0.25) is 14.9 Å². The lowest BCUT2D eigenvalue weighted by Crippen LogP contribution is -2.47. The number of aryl methyl sites for hydroxylation is 1. The van der Waals surface area contributed by atoms with Crippen LogP contribution < -0.4 is 10.6 Å². The molecule has 0 bridgehead atoms. The van der Waals surface area contributed by atoms with Crippen molar-refractivity contribution in [2.45, 2.75) is 33.2 Å². The summed E-state index contributed by atoms with van der Waals surface area (Å²) in [6.07, 6.45) is 0.659. The third kappa shape index (κ3) is 5.71. The Labute approximate surface area is 174 Å². The zero-order valence-electron chi connectivity index (χ0n) is 16.7. The minimum atomic E-state index is -0.676. The third-order valence-corrected chi connectivity index (χ3v) is 5.25. The smallest absolute Gasteiger partial charge is 0.251 e. The molecule has 7 heteroatoms. The molecule has 0 aliphatic heterocycles. The molecule has 3 rings (SSSR count).